The number of hydrogen-bond donors (Lipinski definition) is 0. The Bertz CT molecular complexity index is 2180. The summed E-state index contributed by atoms with van der Waals surface area (Å²) in [4.78, 5) is 9.88. The van der Waals surface area contributed by atoms with Crippen LogP contribution in [0.4, 0.5) is 11.4 Å². The first kappa shape index (κ1) is 36.6. The molecule has 264 valence electrons. The fourth-order valence-electron chi connectivity index (χ4n) is 6.71. The lowest BCUT2D eigenvalue weighted by Gasteiger charge is -2.28. The van der Waals surface area contributed by atoms with E-state index in [-0.39, 0.29) is 0 Å². The Morgan fingerprint density at radius 2 is 0.830 bits per heavy atom. The van der Waals surface area contributed by atoms with E-state index in [1.54, 1.807) is 14.2 Å². The summed E-state index contributed by atoms with van der Waals surface area (Å²) in [6.07, 6.45) is 0. The maximum atomic E-state index is 5.99. The number of ether oxygens (including phenoxy) is 2. The number of aryl methyl sites for hydroxylation is 4. The van der Waals surface area contributed by atoms with Gasteiger partial charge in [0.15, 0.2) is 0 Å². The molecule has 0 heterocycles. The van der Waals surface area contributed by atoms with Crippen molar-refractivity contribution < 1.29 is 9.47 Å². The van der Waals surface area contributed by atoms with Gasteiger partial charge in [-0.05, 0) is 108 Å². The Morgan fingerprint density at radius 3 is 1.17 bits per heavy atom. The Balaban J connectivity index is 1.53. The molecular formula is C49H46N2O2. The Morgan fingerprint density at radius 1 is 0.472 bits per heavy atom. The molecule has 53 heavy (non-hydrogen) atoms. The molecule has 0 saturated carbocycles. The van der Waals surface area contributed by atoms with E-state index in [9.17, 15) is 0 Å². The average molecular weight is 695 g/mol. The van der Waals surface area contributed by atoms with Crippen LogP contribution in [0.15, 0.2) is 143 Å². The fourth-order valence-corrected chi connectivity index (χ4v) is 6.71. The lowest BCUT2D eigenvalue weighted by Crippen LogP contribution is -2.20. The van der Waals surface area contributed by atoms with Crippen molar-refractivity contribution in [3.8, 4) is 11.5 Å². The molecule has 6 aromatic rings. The van der Waals surface area contributed by atoms with Gasteiger partial charge in [-0.15, -0.1) is 0 Å². The second kappa shape index (κ2) is 16.0. The van der Waals surface area contributed by atoms with Gasteiger partial charge in [0.1, 0.15) is 11.5 Å². The zero-order valence-corrected chi connectivity index (χ0v) is 31.9. The van der Waals surface area contributed by atoms with E-state index in [0.29, 0.717) is 0 Å². The summed E-state index contributed by atoms with van der Waals surface area (Å²) in [5.74, 6) is 8.42. The summed E-state index contributed by atoms with van der Waals surface area (Å²) >= 11 is 0. The summed E-state index contributed by atoms with van der Waals surface area (Å²) in [6, 6.07) is 45.8. The van der Waals surface area contributed by atoms with E-state index in [4.69, 9.17) is 19.5 Å². The van der Waals surface area contributed by atoms with Crippen LogP contribution in [0.5, 0.6) is 11.5 Å². The Kier molecular flexibility index (Phi) is 11.1. The predicted octanol–water partition coefficient (Wildman–Crippen LogP) is 12.1. The highest BCUT2D eigenvalue weighted by Gasteiger charge is 2.27. The van der Waals surface area contributed by atoms with Gasteiger partial charge in [0.25, 0.3) is 0 Å². The van der Waals surface area contributed by atoms with Crippen molar-refractivity contribution in [1.29, 1.82) is 0 Å². The highest BCUT2D eigenvalue weighted by molar-refractivity contribution is 6.02. The SMILES string of the molecule is COc1ccc(C(C)(C)c2ccc(OC)c(C(=C=Nc3c(C)cccc3C)c3ccccc3)c2)cc1C(=C=Nc1c(C)cccc1C)c1ccccc1. The minimum atomic E-state index is -0.431. The third-order valence-electron chi connectivity index (χ3n) is 9.94. The molecule has 4 nitrogen and oxygen atoms in total. The van der Waals surface area contributed by atoms with Crippen LogP contribution in [0, 0.1) is 27.7 Å². The molecular weight excluding hydrogens is 649 g/mol. The number of rotatable bonds is 10. The van der Waals surface area contributed by atoms with Crippen LogP contribution in [-0.2, 0) is 5.41 Å². The van der Waals surface area contributed by atoms with Crippen molar-refractivity contribution in [2.75, 3.05) is 14.2 Å². The molecule has 0 aromatic heterocycles. The van der Waals surface area contributed by atoms with Crippen LogP contribution in [-0.4, -0.2) is 26.0 Å². The molecule has 0 amide bonds. The summed E-state index contributed by atoms with van der Waals surface area (Å²) in [5, 5.41) is 0. The molecule has 0 atom stereocenters. The Labute approximate surface area is 314 Å². The van der Waals surface area contributed by atoms with Crippen LogP contribution >= 0.6 is 0 Å². The first-order chi connectivity index (χ1) is 25.6. The van der Waals surface area contributed by atoms with Gasteiger partial charge in [0.2, 0.25) is 0 Å². The topological polar surface area (TPSA) is 43.2 Å². The molecule has 0 aliphatic rings. The molecule has 0 spiro atoms. The molecule has 6 aromatic carbocycles. The van der Waals surface area contributed by atoms with Gasteiger partial charge in [0.05, 0.1) is 36.7 Å². The van der Waals surface area contributed by atoms with Crippen molar-refractivity contribution in [3.63, 3.8) is 0 Å². The minimum absolute atomic E-state index is 0.431. The highest BCUT2D eigenvalue weighted by atomic mass is 16.5. The summed E-state index contributed by atoms with van der Waals surface area (Å²) in [6.45, 7) is 12.8. The number of para-hydroxylation sites is 2. The van der Waals surface area contributed by atoms with Gasteiger partial charge in [-0.25, -0.2) is 9.98 Å². The van der Waals surface area contributed by atoms with E-state index < -0.39 is 5.41 Å². The average Bonchev–Trinajstić information content (AvgIpc) is 3.17. The molecule has 0 aliphatic heterocycles. The fraction of sp³-hybridized carbons (Fsp3) is 0.184. The van der Waals surface area contributed by atoms with Gasteiger partial charge >= 0.3 is 0 Å². The normalized spacial score (nSPS) is 10.9. The third kappa shape index (κ3) is 7.86. The quantitative estimate of drug-likeness (QED) is 0.134. The van der Waals surface area contributed by atoms with E-state index >= 15 is 0 Å². The van der Waals surface area contributed by atoms with Crippen LogP contribution in [0.3, 0.4) is 0 Å². The van der Waals surface area contributed by atoms with Gasteiger partial charge in [-0.2, -0.15) is 0 Å². The summed E-state index contributed by atoms with van der Waals surface area (Å²) in [5.41, 5.74) is 13.6. The third-order valence-corrected chi connectivity index (χ3v) is 9.94. The molecule has 0 N–H and O–H groups in total. The second-order valence-corrected chi connectivity index (χ2v) is 13.9. The van der Waals surface area contributed by atoms with Crippen molar-refractivity contribution in [2.24, 2.45) is 9.98 Å². The van der Waals surface area contributed by atoms with Crippen LogP contribution in [0.2, 0.25) is 0 Å². The van der Waals surface area contributed by atoms with Crippen molar-refractivity contribution in [3.05, 3.63) is 189 Å². The van der Waals surface area contributed by atoms with E-state index in [1.165, 1.54) is 0 Å². The first-order valence-corrected chi connectivity index (χ1v) is 17.9. The summed E-state index contributed by atoms with van der Waals surface area (Å²) < 4.78 is 12.0. The number of nitrogens with zero attached hydrogens (tertiary/aromatic N) is 2. The molecule has 6 rings (SSSR count). The first-order valence-electron chi connectivity index (χ1n) is 17.9. The number of aliphatic imine (C=N–C) groups is 2. The predicted molar refractivity (Wildman–Crippen MR) is 222 cm³/mol. The van der Waals surface area contributed by atoms with Gasteiger partial charge in [-0.1, -0.05) is 123 Å². The number of benzene rings is 6. The lowest BCUT2D eigenvalue weighted by atomic mass is 9.76. The maximum Gasteiger partial charge on any atom is 0.127 e. The molecule has 0 bridgehead atoms. The molecule has 0 saturated heterocycles. The van der Waals surface area contributed by atoms with Crippen molar-refractivity contribution in [2.45, 2.75) is 47.0 Å². The lowest BCUT2D eigenvalue weighted by molar-refractivity contribution is 0.412. The molecule has 0 radical (unpaired) electrons. The largest absolute Gasteiger partial charge is 0.496 e. The molecule has 4 heteroatoms. The smallest absolute Gasteiger partial charge is 0.127 e. The van der Waals surface area contributed by atoms with Crippen LogP contribution in [0.25, 0.3) is 11.1 Å². The maximum absolute atomic E-state index is 5.99. The minimum Gasteiger partial charge on any atom is -0.496 e. The Hall–Kier alpha value is -6.18. The van der Waals surface area contributed by atoms with E-state index in [2.05, 4.69) is 138 Å². The van der Waals surface area contributed by atoms with Crippen LogP contribution < -0.4 is 9.47 Å². The standard InChI is InChI=1S/C49H46N2O2/c1-33-17-15-18-34(2)47(33)50-31-43(37-21-11-9-12-22-37)41-29-39(25-27-45(41)52-7)49(5,6)40-26-28-46(53-8)42(30-40)44(38-23-13-10-14-24-38)32-51-48-35(3)19-16-20-36(48)4/h9-30H,1-8H3. The molecule has 0 aliphatic carbocycles. The zero-order valence-electron chi connectivity index (χ0n) is 31.9. The molecule has 0 unspecified atom stereocenters. The highest BCUT2D eigenvalue weighted by Crippen LogP contribution is 2.40. The van der Waals surface area contributed by atoms with Gasteiger partial charge in [0, 0.05) is 16.5 Å². The van der Waals surface area contributed by atoms with E-state index in [1.807, 2.05) is 48.5 Å². The van der Waals surface area contributed by atoms with Gasteiger partial charge < -0.3 is 9.47 Å². The van der Waals surface area contributed by atoms with Gasteiger partial charge in [-0.3, -0.25) is 0 Å². The monoisotopic (exact) mass is 694 g/mol. The number of hydrogen-bond acceptors (Lipinski definition) is 4. The van der Waals surface area contributed by atoms with Crippen molar-refractivity contribution >= 4 is 34.3 Å². The summed E-state index contributed by atoms with van der Waals surface area (Å²) in [7, 11) is 3.42. The van der Waals surface area contributed by atoms with E-state index in [0.717, 1.165) is 89.7 Å². The molecule has 0 fully saturated rings. The number of methoxy groups -OCH3 is 2. The zero-order chi connectivity index (χ0) is 37.5. The van der Waals surface area contributed by atoms with Crippen LogP contribution in [0.1, 0.15) is 69.5 Å². The van der Waals surface area contributed by atoms with Crippen molar-refractivity contribution in [1.82, 2.24) is 0 Å². The second-order valence-electron chi connectivity index (χ2n) is 13.9.